The predicted molar refractivity (Wildman–Crippen MR) is 57.7 cm³/mol. The van der Waals surface area contributed by atoms with Crippen molar-refractivity contribution < 1.29 is 12.3 Å². The van der Waals surface area contributed by atoms with Crippen LogP contribution in [0.1, 0.15) is 5.56 Å². The van der Waals surface area contributed by atoms with Crippen LogP contribution in [0.15, 0.2) is 42.5 Å². The van der Waals surface area contributed by atoms with Gasteiger partial charge in [0, 0.05) is 0 Å². The first kappa shape index (κ1) is 10.1. The normalized spacial score (nSPS) is 11.8. The van der Waals surface area contributed by atoms with Gasteiger partial charge in [-0.05, 0) is 16.3 Å². The minimum Gasteiger partial charge on any atom is -0.194 e. The highest BCUT2D eigenvalue weighted by Crippen LogP contribution is 2.17. The molecule has 2 aromatic carbocycles. The number of benzene rings is 2. The molecule has 4 heteroatoms. The van der Waals surface area contributed by atoms with Crippen LogP contribution in [0.25, 0.3) is 10.8 Å². The first-order valence-electron chi connectivity index (χ1n) is 4.45. The molecule has 0 spiro atoms. The number of hydrogen-bond donors (Lipinski definition) is 0. The molecule has 0 saturated heterocycles. The van der Waals surface area contributed by atoms with Crippen LogP contribution in [0, 0.1) is 0 Å². The van der Waals surface area contributed by atoms with E-state index in [-0.39, 0.29) is 0 Å². The summed E-state index contributed by atoms with van der Waals surface area (Å²) in [6, 6.07) is 12.6. The third kappa shape index (κ3) is 2.53. The molecule has 0 heterocycles. The average molecular weight is 224 g/mol. The molecule has 0 atom stereocenters. The second kappa shape index (κ2) is 3.62. The second-order valence-electron chi connectivity index (χ2n) is 3.36. The number of fused-ring (bicyclic) bond motifs is 1. The molecule has 0 amide bonds. The van der Waals surface area contributed by atoms with Crippen molar-refractivity contribution in [1.82, 2.24) is 0 Å². The summed E-state index contributed by atoms with van der Waals surface area (Å²) in [7, 11) is -4.45. The summed E-state index contributed by atoms with van der Waals surface area (Å²) in [4.78, 5) is 0. The van der Waals surface area contributed by atoms with Gasteiger partial charge >= 0.3 is 10.2 Å². The molecule has 2 rings (SSSR count). The highest BCUT2D eigenvalue weighted by molar-refractivity contribution is 7.85. The lowest BCUT2D eigenvalue weighted by molar-refractivity contribution is 0.551. The van der Waals surface area contributed by atoms with E-state index >= 15 is 0 Å². The van der Waals surface area contributed by atoms with Crippen LogP contribution < -0.4 is 0 Å². The Kier molecular flexibility index (Phi) is 2.44. The van der Waals surface area contributed by atoms with Crippen LogP contribution in [0.4, 0.5) is 3.89 Å². The summed E-state index contributed by atoms with van der Waals surface area (Å²) in [5.41, 5.74) is 0.469. The Morgan fingerprint density at radius 3 is 2.33 bits per heavy atom. The Morgan fingerprint density at radius 1 is 1.00 bits per heavy atom. The third-order valence-electron chi connectivity index (χ3n) is 2.15. The van der Waals surface area contributed by atoms with Crippen molar-refractivity contribution in [3.8, 4) is 0 Å². The largest absolute Gasteiger partial charge is 0.306 e. The molecule has 0 fully saturated rings. The second-order valence-corrected chi connectivity index (χ2v) is 4.73. The van der Waals surface area contributed by atoms with Gasteiger partial charge in [-0.2, -0.15) is 8.42 Å². The van der Waals surface area contributed by atoms with Crippen molar-refractivity contribution in [3.63, 3.8) is 0 Å². The minimum absolute atomic E-state index is 0.469. The fraction of sp³-hybridized carbons (Fsp3) is 0.0909. The predicted octanol–water partition coefficient (Wildman–Crippen LogP) is 2.64. The Morgan fingerprint density at radius 2 is 1.67 bits per heavy atom. The minimum atomic E-state index is -4.45. The van der Waals surface area contributed by atoms with Gasteiger partial charge in [-0.3, -0.25) is 0 Å². The van der Waals surface area contributed by atoms with Crippen molar-refractivity contribution >= 4 is 21.0 Å². The molecule has 0 N–H and O–H groups in total. The molecular formula is C11H9FO2S. The number of halogens is 1. The fourth-order valence-corrected chi connectivity index (χ4v) is 2.11. The monoisotopic (exact) mass is 224 g/mol. The molecular weight excluding hydrogens is 215 g/mol. The van der Waals surface area contributed by atoms with Gasteiger partial charge in [-0.25, -0.2) is 0 Å². The lowest BCUT2D eigenvalue weighted by Crippen LogP contribution is -1.95. The smallest absolute Gasteiger partial charge is 0.194 e. The lowest BCUT2D eigenvalue weighted by atomic mass is 10.1. The van der Waals surface area contributed by atoms with Gasteiger partial charge in [-0.1, -0.05) is 42.5 Å². The van der Waals surface area contributed by atoms with E-state index in [0.29, 0.717) is 5.56 Å². The molecule has 0 radical (unpaired) electrons. The van der Waals surface area contributed by atoms with Crippen molar-refractivity contribution in [2.24, 2.45) is 0 Å². The number of rotatable bonds is 2. The zero-order valence-corrected chi connectivity index (χ0v) is 8.67. The van der Waals surface area contributed by atoms with Gasteiger partial charge in [-0.15, -0.1) is 3.89 Å². The highest BCUT2D eigenvalue weighted by atomic mass is 32.3. The van der Waals surface area contributed by atoms with E-state index in [1.165, 1.54) is 0 Å². The van der Waals surface area contributed by atoms with E-state index in [0.717, 1.165) is 10.8 Å². The first-order chi connectivity index (χ1) is 7.04. The Bertz CT molecular complexity index is 590. The summed E-state index contributed by atoms with van der Waals surface area (Å²) in [6.07, 6.45) is 0. The summed E-state index contributed by atoms with van der Waals surface area (Å²) < 4.78 is 33.4. The van der Waals surface area contributed by atoms with E-state index < -0.39 is 16.0 Å². The molecule has 0 unspecified atom stereocenters. The van der Waals surface area contributed by atoms with Crippen molar-refractivity contribution in [2.75, 3.05) is 0 Å². The summed E-state index contributed by atoms with van der Waals surface area (Å²) in [6.45, 7) is 0. The average Bonchev–Trinajstić information content (AvgIpc) is 2.15. The van der Waals surface area contributed by atoms with Gasteiger partial charge in [0.25, 0.3) is 0 Å². The van der Waals surface area contributed by atoms with Crippen LogP contribution in [0.3, 0.4) is 0 Å². The zero-order chi connectivity index (χ0) is 10.9. The standard InChI is InChI=1S/C11H9FO2S/c12-15(13,14)8-9-5-6-10-3-1-2-4-11(10)7-9/h1-7H,8H2. The quantitative estimate of drug-likeness (QED) is 0.735. The first-order valence-corrected chi connectivity index (χ1v) is 6.00. The van der Waals surface area contributed by atoms with Gasteiger partial charge in [0.1, 0.15) is 5.75 Å². The van der Waals surface area contributed by atoms with E-state index in [1.807, 2.05) is 24.3 Å². The molecule has 0 saturated carbocycles. The molecule has 0 aromatic heterocycles. The molecule has 0 aliphatic carbocycles. The summed E-state index contributed by atoms with van der Waals surface area (Å²) in [5, 5.41) is 1.93. The van der Waals surface area contributed by atoms with E-state index in [4.69, 9.17) is 0 Å². The molecule has 15 heavy (non-hydrogen) atoms. The maximum atomic E-state index is 12.4. The van der Waals surface area contributed by atoms with Gasteiger partial charge in [0.05, 0.1) is 0 Å². The van der Waals surface area contributed by atoms with Crippen LogP contribution in [0.2, 0.25) is 0 Å². The SMILES string of the molecule is O=S(=O)(F)Cc1ccc2ccccc2c1. The Hall–Kier alpha value is -1.42. The van der Waals surface area contributed by atoms with E-state index in [2.05, 4.69) is 0 Å². The summed E-state index contributed by atoms with van der Waals surface area (Å²) in [5.74, 6) is -0.558. The maximum absolute atomic E-state index is 12.4. The highest BCUT2D eigenvalue weighted by Gasteiger charge is 2.08. The lowest BCUT2D eigenvalue weighted by Gasteiger charge is -2.00. The van der Waals surface area contributed by atoms with Gasteiger partial charge in [0.15, 0.2) is 0 Å². The molecule has 0 bridgehead atoms. The number of hydrogen-bond acceptors (Lipinski definition) is 2. The van der Waals surface area contributed by atoms with Crippen molar-refractivity contribution in [2.45, 2.75) is 5.75 Å². The van der Waals surface area contributed by atoms with Crippen molar-refractivity contribution in [3.05, 3.63) is 48.0 Å². The molecule has 2 nitrogen and oxygen atoms in total. The Labute approximate surface area is 87.6 Å². The molecule has 78 valence electrons. The van der Waals surface area contributed by atoms with Crippen LogP contribution in [-0.4, -0.2) is 8.42 Å². The molecule has 0 aliphatic rings. The zero-order valence-electron chi connectivity index (χ0n) is 7.85. The van der Waals surface area contributed by atoms with Gasteiger partial charge < -0.3 is 0 Å². The maximum Gasteiger partial charge on any atom is 0.306 e. The summed E-state index contributed by atoms with van der Waals surface area (Å²) >= 11 is 0. The van der Waals surface area contributed by atoms with Crippen LogP contribution >= 0.6 is 0 Å². The Balaban J connectivity index is 2.48. The van der Waals surface area contributed by atoms with E-state index in [9.17, 15) is 12.3 Å². The van der Waals surface area contributed by atoms with Crippen molar-refractivity contribution in [1.29, 1.82) is 0 Å². The fourth-order valence-electron chi connectivity index (χ4n) is 1.53. The molecule has 0 aliphatic heterocycles. The third-order valence-corrected chi connectivity index (χ3v) is 2.83. The molecule has 2 aromatic rings. The van der Waals surface area contributed by atoms with Crippen LogP contribution in [0.5, 0.6) is 0 Å². The topological polar surface area (TPSA) is 34.1 Å². The van der Waals surface area contributed by atoms with E-state index in [1.54, 1.807) is 18.2 Å². The van der Waals surface area contributed by atoms with Gasteiger partial charge in [0.2, 0.25) is 0 Å². The van der Waals surface area contributed by atoms with Crippen LogP contribution in [-0.2, 0) is 16.0 Å².